The van der Waals surface area contributed by atoms with Gasteiger partial charge in [-0.1, -0.05) is 103 Å². The molecule has 1 aromatic heterocycles. The molecule has 0 spiro atoms. The first-order valence-electron chi connectivity index (χ1n) is 16.6. The summed E-state index contributed by atoms with van der Waals surface area (Å²) in [7, 11) is 1.77. The van der Waals surface area contributed by atoms with E-state index in [0.717, 1.165) is 16.7 Å². The number of carbonyl (C=O) groups is 3. The fourth-order valence-electron chi connectivity index (χ4n) is 5.65. The molecule has 0 radical (unpaired) electrons. The highest BCUT2D eigenvalue weighted by Crippen LogP contribution is 2.37. The fraction of sp³-hybridized carbons (Fsp3) is 0.0952. The number of aromatic nitrogens is 2. The number of rotatable bonds is 11. The van der Waals surface area contributed by atoms with Gasteiger partial charge in [-0.05, 0) is 73.5 Å². The van der Waals surface area contributed by atoms with E-state index in [9.17, 15) is 19.2 Å². The molecule has 1 atom stereocenters. The van der Waals surface area contributed by atoms with Gasteiger partial charge in [-0.2, -0.15) is 0 Å². The number of nitrogens with one attached hydrogen (secondary N) is 3. The molecule has 1 heterocycles. The van der Waals surface area contributed by atoms with Crippen LogP contribution in [-0.4, -0.2) is 27.1 Å². The summed E-state index contributed by atoms with van der Waals surface area (Å²) in [5.74, 6) is -1.30. The Labute approximate surface area is 306 Å². The molecule has 3 N–H and O–H groups in total. The lowest BCUT2D eigenvalue weighted by atomic mass is 10.1. The molecular formula is C42H37N5O4S. The Bertz CT molecular complexity index is 2320. The predicted molar refractivity (Wildman–Crippen MR) is 208 cm³/mol. The van der Waals surface area contributed by atoms with E-state index in [4.69, 9.17) is 0 Å². The van der Waals surface area contributed by atoms with Crippen molar-refractivity contribution in [3.05, 3.63) is 184 Å². The van der Waals surface area contributed by atoms with Crippen molar-refractivity contribution in [3.8, 4) is 5.69 Å². The minimum Gasteiger partial charge on any atom is -0.321 e. The molecule has 9 nitrogen and oxygen atoms in total. The number of anilines is 2. The van der Waals surface area contributed by atoms with Crippen molar-refractivity contribution in [2.75, 3.05) is 10.6 Å². The van der Waals surface area contributed by atoms with Crippen molar-refractivity contribution in [2.45, 2.75) is 24.0 Å². The molecule has 0 aliphatic rings. The Morgan fingerprint density at radius 2 is 1.38 bits per heavy atom. The lowest BCUT2D eigenvalue weighted by Crippen LogP contribution is -2.30. The molecule has 5 aromatic carbocycles. The van der Waals surface area contributed by atoms with Crippen LogP contribution in [0.3, 0.4) is 0 Å². The summed E-state index contributed by atoms with van der Waals surface area (Å²) in [5, 5.41) is 7.87. The zero-order valence-electron chi connectivity index (χ0n) is 28.9. The second-order valence-corrected chi connectivity index (χ2v) is 13.3. The first kappa shape index (κ1) is 35.4. The van der Waals surface area contributed by atoms with Gasteiger partial charge in [0.05, 0.1) is 11.4 Å². The maximum absolute atomic E-state index is 14.0. The summed E-state index contributed by atoms with van der Waals surface area (Å²) < 4.78 is 3.24. The van der Waals surface area contributed by atoms with Gasteiger partial charge in [0.25, 0.3) is 17.4 Å². The molecule has 3 amide bonds. The molecule has 1 unspecified atom stereocenters. The van der Waals surface area contributed by atoms with Gasteiger partial charge in [-0.15, -0.1) is 11.8 Å². The van der Waals surface area contributed by atoms with Crippen molar-refractivity contribution < 1.29 is 14.4 Å². The lowest BCUT2D eigenvalue weighted by Gasteiger charge is -2.17. The molecule has 52 heavy (non-hydrogen) atoms. The maximum atomic E-state index is 14.0. The van der Waals surface area contributed by atoms with E-state index < -0.39 is 17.1 Å². The molecule has 6 rings (SSSR count). The second kappa shape index (κ2) is 16.1. The van der Waals surface area contributed by atoms with Gasteiger partial charge in [0.15, 0.2) is 0 Å². The molecule has 6 aromatic rings. The third-order valence-electron chi connectivity index (χ3n) is 8.37. The fourth-order valence-corrected chi connectivity index (χ4v) is 6.74. The van der Waals surface area contributed by atoms with Gasteiger partial charge in [0, 0.05) is 23.2 Å². The van der Waals surface area contributed by atoms with Crippen molar-refractivity contribution >= 4 is 46.9 Å². The number of hydrogen-bond acceptors (Lipinski definition) is 5. The molecular weight excluding hydrogens is 671 g/mol. The number of nitrogens with zero attached hydrogens (tertiary/aromatic N) is 2. The minimum absolute atomic E-state index is 0.0680. The third kappa shape index (κ3) is 8.31. The first-order chi connectivity index (χ1) is 25.2. The molecule has 0 saturated heterocycles. The topological polar surface area (TPSA) is 114 Å². The monoisotopic (exact) mass is 707 g/mol. The SMILES string of the molecule is Cc1cccc(/C=C(/NC(=O)c2ccccc2)C(=O)Nc2cccc(SC(C(=O)Nc3c(C)n(C)n(-c4ccccc4)c3=O)c3ccccc3)c2)c1. The number of benzene rings is 5. The zero-order chi connectivity index (χ0) is 36.6. The third-order valence-corrected chi connectivity index (χ3v) is 9.62. The highest BCUT2D eigenvalue weighted by atomic mass is 32.2. The lowest BCUT2D eigenvalue weighted by molar-refractivity contribution is -0.116. The second-order valence-electron chi connectivity index (χ2n) is 12.1. The van der Waals surface area contributed by atoms with Crippen LogP contribution in [0.5, 0.6) is 0 Å². The number of thioether (sulfide) groups is 1. The molecule has 10 heteroatoms. The number of carbonyl (C=O) groups excluding carboxylic acids is 3. The summed E-state index contributed by atoms with van der Waals surface area (Å²) >= 11 is 1.29. The van der Waals surface area contributed by atoms with E-state index in [1.54, 1.807) is 67.2 Å². The number of aryl methyl sites for hydroxylation is 1. The Hall–Kier alpha value is -6.39. The Morgan fingerprint density at radius 3 is 2.08 bits per heavy atom. The average molecular weight is 708 g/mol. The van der Waals surface area contributed by atoms with Gasteiger partial charge < -0.3 is 16.0 Å². The van der Waals surface area contributed by atoms with Gasteiger partial charge in [0.1, 0.15) is 16.6 Å². The molecule has 0 fully saturated rings. The summed E-state index contributed by atoms with van der Waals surface area (Å²) in [5.41, 5.74) is 4.61. The Morgan fingerprint density at radius 1 is 0.731 bits per heavy atom. The average Bonchev–Trinajstić information content (AvgIpc) is 3.37. The molecule has 0 aliphatic carbocycles. The molecule has 0 bridgehead atoms. The Kier molecular flexibility index (Phi) is 11.0. The standard InChI is InChI=1S/C42H37N5O4S/c1-28-15-13-16-30(25-28)26-36(44-39(48)32-19-9-5-10-20-32)40(49)43-33-21-14-24-35(27-33)52-38(31-17-7-4-8-18-31)41(50)45-37-29(2)46(3)47(42(37)51)34-22-11-6-12-23-34/h4-27,38H,1-3H3,(H,43,49)(H,44,48)(H,45,50)/b36-26+. The first-order valence-corrected chi connectivity index (χ1v) is 17.5. The molecule has 0 saturated carbocycles. The number of para-hydroxylation sites is 1. The van der Waals surface area contributed by atoms with Crippen LogP contribution in [0.25, 0.3) is 11.8 Å². The van der Waals surface area contributed by atoms with Gasteiger partial charge in [0.2, 0.25) is 5.91 Å². The van der Waals surface area contributed by atoms with Crippen LogP contribution in [0.2, 0.25) is 0 Å². The summed E-state index contributed by atoms with van der Waals surface area (Å²) in [4.78, 5) is 55.2. The van der Waals surface area contributed by atoms with E-state index in [1.165, 1.54) is 16.4 Å². The van der Waals surface area contributed by atoms with E-state index in [1.807, 2.05) is 104 Å². The highest BCUT2D eigenvalue weighted by molar-refractivity contribution is 8.00. The van der Waals surface area contributed by atoms with Crippen LogP contribution in [0.15, 0.2) is 155 Å². The highest BCUT2D eigenvalue weighted by Gasteiger charge is 2.26. The summed E-state index contributed by atoms with van der Waals surface area (Å²) in [6.45, 7) is 3.74. The largest absolute Gasteiger partial charge is 0.321 e. The predicted octanol–water partition coefficient (Wildman–Crippen LogP) is 7.67. The molecule has 260 valence electrons. The van der Waals surface area contributed by atoms with Crippen molar-refractivity contribution in [3.63, 3.8) is 0 Å². The quantitative estimate of drug-likeness (QED) is 0.0945. The minimum atomic E-state index is -0.738. The smallest absolute Gasteiger partial charge is 0.295 e. The van der Waals surface area contributed by atoms with Gasteiger partial charge in [-0.3, -0.25) is 23.9 Å². The van der Waals surface area contributed by atoms with Gasteiger partial charge >= 0.3 is 0 Å². The van der Waals surface area contributed by atoms with Crippen molar-refractivity contribution in [1.29, 1.82) is 0 Å². The van der Waals surface area contributed by atoms with Crippen LogP contribution in [-0.2, 0) is 16.6 Å². The van der Waals surface area contributed by atoms with E-state index in [2.05, 4.69) is 16.0 Å². The van der Waals surface area contributed by atoms with Crippen LogP contribution in [0.1, 0.15) is 38.0 Å². The van der Waals surface area contributed by atoms with Crippen LogP contribution in [0.4, 0.5) is 11.4 Å². The van der Waals surface area contributed by atoms with E-state index in [0.29, 0.717) is 27.5 Å². The summed E-state index contributed by atoms with van der Waals surface area (Å²) in [6.07, 6.45) is 1.63. The zero-order valence-corrected chi connectivity index (χ0v) is 29.7. The normalized spacial score (nSPS) is 11.8. The Balaban J connectivity index is 1.25. The van der Waals surface area contributed by atoms with Crippen LogP contribution < -0.4 is 21.5 Å². The van der Waals surface area contributed by atoms with Gasteiger partial charge in [-0.25, -0.2) is 4.68 Å². The number of amides is 3. The number of hydrogen-bond donors (Lipinski definition) is 3. The maximum Gasteiger partial charge on any atom is 0.295 e. The van der Waals surface area contributed by atoms with Crippen molar-refractivity contribution in [2.24, 2.45) is 7.05 Å². The van der Waals surface area contributed by atoms with E-state index >= 15 is 0 Å². The van der Waals surface area contributed by atoms with Crippen molar-refractivity contribution in [1.82, 2.24) is 14.7 Å². The molecule has 0 aliphatic heterocycles. The van der Waals surface area contributed by atoms with Crippen LogP contribution in [0, 0.1) is 13.8 Å². The van der Waals surface area contributed by atoms with Crippen LogP contribution >= 0.6 is 11.8 Å². The summed E-state index contributed by atoms with van der Waals surface area (Å²) in [6, 6.07) is 42.0. The van der Waals surface area contributed by atoms with E-state index in [-0.39, 0.29) is 22.9 Å².